The smallest absolute Gasteiger partial charge is 0.305 e. The van der Waals surface area contributed by atoms with Gasteiger partial charge >= 0.3 is 5.97 Å². The maximum absolute atomic E-state index is 11.9. The van der Waals surface area contributed by atoms with Crippen molar-refractivity contribution in [3.05, 3.63) is 0 Å². The molecule has 1 rings (SSSR count). The molecule has 0 bridgehead atoms. The lowest BCUT2D eigenvalue weighted by atomic mass is 10.1. The number of hydrogen-bond donors (Lipinski definition) is 2. The Morgan fingerprint density at radius 3 is 2.82 bits per heavy atom. The van der Waals surface area contributed by atoms with Gasteiger partial charge in [0.15, 0.2) is 0 Å². The second kappa shape index (κ2) is 6.56. The number of ether oxygens (including phenoxy) is 1. The molecule has 1 fully saturated rings. The molecular weight excluding hydrogens is 224 g/mol. The standard InChI is InChI=1S/C11H20N2O4/c1-8(2)12-6-10(14)13-3-4-17-7-9(13)5-11(15)16/h8-9,12H,3-7H2,1-2H3,(H,15,16). The molecule has 1 heterocycles. The van der Waals surface area contributed by atoms with Crippen molar-refractivity contribution in [2.45, 2.75) is 32.4 Å². The van der Waals surface area contributed by atoms with Crippen molar-refractivity contribution >= 4 is 11.9 Å². The van der Waals surface area contributed by atoms with E-state index in [0.29, 0.717) is 19.8 Å². The van der Waals surface area contributed by atoms with Crippen LogP contribution in [0.5, 0.6) is 0 Å². The van der Waals surface area contributed by atoms with Crippen molar-refractivity contribution in [2.75, 3.05) is 26.3 Å². The molecule has 0 aromatic rings. The Hall–Kier alpha value is -1.14. The number of amides is 1. The zero-order chi connectivity index (χ0) is 12.8. The van der Waals surface area contributed by atoms with Gasteiger partial charge in [-0.15, -0.1) is 0 Å². The van der Waals surface area contributed by atoms with Gasteiger partial charge in [0.2, 0.25) is 5.91 Å². The summed E-state index contributed by atoms with van der Waals surface area (Å²) in [6.07, 6.45) is -0.0621. The van der Waals surface area contributed by atoms with Crippen molar-refractivity contribution < 1.29 is 19.4 Å². The third-order valence-electron chi connectivity index (χ3n) is 2.62. The predicted octanol–water partition coefficient (Wildman–Crippen LogP) is -0.313. The Morgan fingerprint density at radius 2 is 2.24 bits per heavy atom. The van der Waals surface area contributed by atoms with E-state index in [-0.39, 0.29) is 31.0 Å². The number of hydrogen-bond acceptors (Lipinski definition) is 4. The van der Waals surface area contributed by atoms with E-state index in [0.717, 1.165) is 0 Å². The fourth-order valence-electron chi connectivity index (χ4n) is 1.75. The molecule has 1 amide bonds. The molecular formula is C11H20N2O4. The Bertz CT molecular complexity index is 281. The molecule has 1 unspecified atom stereocenters. The molecule has 6 heteroatoms. The topological polar surface area (TPSA) is 78.9 Å². The highest BCUT2D eigenvalue weighted by Gasteiger charge is 2.28. The fraction of sp³-hybridized carbons (Fsp3) is 0.818. The van der Waals surface area contributed by atoms with Gasteiger partial charge in [0.25, 0.3) is 0 Å². The van der Waals surface area contributed by atoms with Crippen LogP contribution < -0.4 is 5.32 Å². The van der Waals surface area contributed by atoms with Crippen molar-refractivity contribution in [1.82, 2.24) is 10.2 Å². The maximum atomic E-state index is 11.9. The molecule has 0 aromatic carbocycles. The van der Waals surface area contributed by atoms with Gasteiger partial charge in [0.1, 0.15) is 0 Å². The second-order valence-electron chi connectivity index (χ2n) is 4.45. The lowest BCUT2D eigenvalue weighted by Crippen LogP contribution is -2.52. The maximum Gasteiger partial charge on any atom is 0.305 e. The fourth-order valence-corrected chi connectivity index (χ4v) is 1.75. The zero-order valence-corrected chi connectivity index (χ0v) is 10.3. The van der Waals surface area contributed by atoms with Crippen LogP contribution in [0.15, 0.2) is 0 Å². The van der Waals surface area contributed by atoms with Crippen LogP contribution in [0.3, 0.4) is 0 Å². The number of carbonyl (C=O) groups is 2. The van der Waals surface area contributed by atoms with Crippen molar-refractivity contribution in [2.24, 2.45) is 0 Å². The van der Waals surface area contributed by atoms with E-state index in [1.807, 2.05) is 13.8 Å². The predicted molar refractivity (Wildman–Crippen MR) is 61.7 cm³/mol. The third-order valence-corrected chi connectivity index (χ3v) is 2.62. The van der Waals surface area contributed by atoms with Gasteiger partial charge in [-0.1, -0.05) is 13.8 Å². The van der Waals surface area contributed by atoms with Crippen LogP contribution in [0, 0.1) is 0 Å². The first kappa shape index (κ1) is 13.9. The van der Waals surface area contributed by atoms with Crippen LogP contribution >= 0.6 is 0 Å². The van der Waals surface area contributed by atoms with Crippen LogP contribution in [0.2, 0.25) is 0 Å². The van der Waals surface area contributed by atoms with Crippen LogP contribution in [0.25, 0.3) is 0 Å². The Labute approximate surface area is 101 Å². The van der Waals surface area contributed by atoms with Crippen molar-refractivity contribution in [3.8, 4) is 0 Å². The van der Waals surface area contributed by atoms with Gasteiger partial charge in [-0.25, -0.2) is 0 Å². The van der Waals surface area contributed by atoms with E-state index >= 15 is 0 Å². The minimum atomic E-state index is -0.907. The molecule has 98 valence electrons. The van der Waals surface area contributed by atoms with Gasteiger partial charge in [0.05, 0.1) is 32.2 Å². The summed E-state index contributed by atoms with van der Waals surface area (Å²) in [6.45, 7) is 5.41. The molecule has 1 aliphatic rings. The Balaban J connectivity index is 2.51. The first-order valence-corrected chi connectivity index (χ1v) is 5.83. The van der Waals surface area contributed by atoms with Crippen molar-refractivity contribution in [3.63, 3.8) is 0 Å². The molecule has 0 aliphatic carbocycles. The highest BCUT2D eigenvalue weighted by atomic mass is 16.5. The Morgan fingerprint density at radius 1 is 1.53 bits per heavy atom. The number of nitrogens with zero attached hydrogens (tertiary/aromatic N) is 1. The lowest BCUT2D eigenvalue weighted by Gasteiger charge is -2.35. The van der Waals surface area contributed by atoms with E-state index < -0.39 is 5.97 Å². The number of morpholine rings is 1. The first-order valence-electron chi connectivity index (χ1n) is 5.83. The minimum Gasteiger partial charge on any atom is -0.481 e. The minimum absolute atomic E-state index is 0.0618. The molecule has 0 saturated carbocycles. The van der Waals surface area contributed by atoms with E-state index in [1.54, 1.807) is 4.90 Å². The molecule has 2 N–H and O–H groups in total. The summed E-state index contributed by atoms with van der Waals surface area (Å²) >= 11 is 0. The molecule has 0 aromatic heterocycles. The lowest BCUT2D eigenvalue weighted by molar-refractivity contribution is -0.145. The number of rotatable bonds is 5. The molecule has 0 spiro atoms. The summed E-state index contributed by atoms with van der Waals surface area (Å²) in [5.41, 5.74) is 0. The summed E-state index contributed by atoms with van der Waals surface area (Å²) in [4.78, 5) is 24.2. The molecule has 1 aliphatic heterocycles. The molecule has 17 heavy (non-hydrogen) atoms. The van der Waals surface area contributed by atoms with Crippen molar-refractivity contribution in [1.29, 1.82) is 0 Å². The quantitative estimate of drug-likeness (QED) is 0.693. The summed E-state index contributed by atoms with van der Waals surface area (Å²) in [6, 6.07) is -0.111. The van der Waals surface area contributed by atoms with E-state index in [9.17, 15) is 9.59 Å². The SMILES string of the molecule is CC(C)NCC(=O)N1CCOCC1CC(=O)O. The van der Waals surface area contributed by atoms with Crippen LogP contribution in [-0.4, -0.2) is 60.3 Å². The number of nitrogens with one attached hydrogen (secondary N) is 1. The van der Waals surface area contributed by atoms with Gasteiger partial charge in [-0.3, -0.25) is 9.59 Å². The average Bonchev–Trinajstić information content (AvgIpc) is 2.25. The molecule has 1 saturated heterocycles. The van der Waals surface area contributed by atoms with E-state index in [4.69, 9.17) is 9.84 Å². The van der Waals surface area contributed by atoms with E-state index in [2.05, 4.69) is 5.32 Å². The summed E-state index contributed by atoms with van der Waals surface area (Å²) in [5.74, 6) is -0.969. The van der Waals surface area contributed by atoms with E-state index in [1.165, 1.54) is 0 Å². The third kappa shape index (κ3) is 4.70. The van der Waals surface area contributed by atoms with Gasteiger partial charge < -0.3 is 20.1 Å². The highest BCUT2D eigenvalue weighted by molar-refractivity contribution is 5.79. The average molecular weight is 244 g/mol. The normalized spacial score (nSPS) is 20.6. The van der Waals surface area contributed by atoms with Gasteiger partial charge in [-0.2, -0.15) is 0 Å². The number of aliphatic carboxylic acids is 1. The second-order valence-corrected chi connectivity index (χ2v) is 4.45. The molecule has 0 radical (unpaired) electrons. The number of carboxylic acid groups (broad SMARTS) is 1. The number of carbonyl (C=O) groups excluding carboxylic acids is 1. The summed E-state index contributed by atoms with van der Waals surface area (Å²) in [7, 11) is 0. The first-order chi connectivity index (χ1) is 8.00. The van der Waals surface area contributed by atoms with Crippen LogP contribution in [0.4, 0.5) is 0 Å². The zero-order valence-electron chi connectivity index (χ0n) is 10.3. The monoisotopic (exact) mass is 244 g/mol. The summed E-state index contributed by atoms with van der Waals surface area (Å²) < 4.78 is 5.21. The van der Waals surface area contributed by atoms with Gasteiger partial charge in [-0.05, 0) is 0 Å². The van der Waals surface area contributed by atoms with Crippen LogP contribution in [-0.2, 0) is 14.3 Å². The largest absolute Gasteiger partial charge is 0.481 e. The Kier molecular flexibility index (Phi) is 5.37. The molecule has 6 nitrogen and oxygen atoms in total. The van der Waals surface area contributed by atoms with Gasteiger partial charge in [0, 0.05) is 12.6 Å². The summed E-state index contributed by atoms with van der Waals surface area (Å²) in [5, 5.41) is 11.8. The van der Waals surface area contributed by atoms with Crippen LogP contribution in [0.1, 0.15) is 20.3 Å². The molecule has 1 atom stereocenters. The number of carboxylic acids is 1. The highest BCUT2D eigenvalue weighted by Crippen LogP contribution is 2.10.